The summed E-state index contributed by atoms with van der Waals surface area (Å²) in [5.74, 6) is 0.0727. The molecule has 0 spiro atoms. The molecular formula is C21H18N2O6. The maximum Gasteiger partial charge on any atom is 0.354 e. The summed E-state index contributed by atoms with van der Waals surface area (Å²) in [6, 6.07) is 12.1. The maximum atomic E-state index is 13.3. The van der Waals surface area contributed by atoms with Crippen LogP contribution in [-0.4, -0.2) is 42.2 Å². The van der Waals surface area contributed by atoms with E-state index in [0.29, 0.717) is 22.7 Å². The molecule has 3 heterocycles. The van der Waals surface area contributed by atoms with Crippen LogP contribution in [0.2, 0.25) is 0 Å². The van der Waals surface area contributed by atoms with Crippen LogP contribution < -0.4 is 14.4 Å². The Labute approximate surface area is 166 Å². The lowest BCUT2D eigenvalue weighted by Crippen LogP contribution is -2.67. The van der Waals surface area contributed by atoms with Crippen LogP contribution in [0.15, 0.2) is 42.5 Å². The number of rotatable bonds is 3. The van der Waals surface area contributed by atoms with E-state index >= 15 is 0 Å². The molecule has 0 radical (unpaired) electrons. The van der Waals surface area contributed by atoms with Gasteiger partial charge in [-0.15, -0.1) is 0 Å². The molecule has 0 saturated carbocycles. The molecule has 0 unspecified atom stereocenters. The highest BCUT2D eigenvalue weighted by Crippen LogP contribution is 2.44. The molecule has 2 amide bonds. The minimum atomic E-state index is -1.47. The van der Waals surface area contributed by atoms with Gasteiger partial charge in [0, 0.05) is 19.9 Å². The van der Waals surface area contributed by atoms with E-state index in [1.54, 1.807) is 42.5 Å². The predicted octanol–water partition coefficient (Wildman–Crippen LogP) is 2.07. The van der Waals surface area contributed by atoms with Crippen LogP contribution >= 0.6 is 0 Å². The Balaban J connectivity index is 1.46. The van der Waals surface area contributed by atoms with Gasteiger partial charge in [-0.3, -0.25) is 14.5 Å². The van der Waals surface area contributed by atoms with Crippen molar-refractivity contribution in [2.75, 3.05) is 18.7 Å². The van der Waals surface area contributed by atoms with Crippen molar-refractivity contribution < 1.29 is 28.6 Å². The van der Waals surface area contributed by atoms with Crippen molar-refractivity contribution in [1.29, 1.82) is 0 Å². The number of carbonyl (C=O) groups is 3. The molecule has 2 aromatic rings. The number of esters is 1. The number of carbonyl (C=O) groups excluding carboxylic acids is 3. The van der Waals surface area contributed by atoms with Gasteiger partial charge in [0.05, 0.1) is 11.3 Å². The zero-order valence-corrected chi connectivity index (χ0v) is 15.7. The topological polar surface area (TPSA) is 85.4 Å². The van der Waals surface area contributed by atoms with Crippen molar-refractivity contribution in [2.45, 2.75) is 25.1 Å². The number of amides is 2. The molecule has 1 saturated heterocycles. The largest absolute Gasteiger partial charge is 0.458 e. The molecule has 148 valence electrons. The number of anilines is 1. The Morgan fingerprint density at radius 1 is 1.14 bits per heavy atom. The van der Waals surface area contributed by atoms with Gasteiger partial charge in [-0.1, -0.05) is 18.2 Å². The summed E-state index contributed by atoms with van der Waals surface area (Å²) in [5.41, 5.74) is 0.0846. The second kappa shape index (κ2) is 6.23. The number of hydrogen-bond acceptors (Lipinski definition) is 6. The van der Waals surface area contributed by atoms with E-state index in [9.17, 15) is 14.4 Å². The number of benzene rings is 2. The second-order valence-electron chi connectivity index (χ2n) is 7.19. The summed E-state index contributed by atoms with van der Waals surface area (Å²) in [5, 5.41) is 0. The Morgan fingerprint density at radius 2 is 1.93 bits per heavy atom. The maximum absolute atomic E-state index is 13.3. The third-order valence-corrected chi connectivity index (χ3v) is 5.68. The second-order valence-corrected chi connectivity index (χ2v) is 7.19. The Kier molecular flexibility index (Phi) is 3.77. The van der Waals surface area contributed by atoms with E-state index in [2.05, 4.69) is 0 Å². The highest BCUT2D eigenvalue weighted by molar-refractivity contribution is 6.15. The number of ether oxygens (including phenoxy) is 3. The molecule has 0 bridgehead atoms. The van der Waals surface area contributed by atoms with Crippen LogP contribution in [0.25, 0.3) is 0 Å². The molecule has 3 aliphatic rings. The first-order valence-corrected chi connectivity index (χ1v) is 9.28. The van der Waals surface area contributed by atoms with Crippen LogP contribution in [0.4, 0.5) is 5.69 Å². The molecule has 29 heavy (non-hydrogen) atoms. The summed E-state index contributed by atoms with van der Waals surface area (Å²) in [7, 11) is 1.53. The first kappa shape index (κ1) is 17.5. The molecule has 8 heteroatoms. The average Bonchev–Trinajstić information content (AvgIpc) is 3.35. The lowest BCUT2D eigenvalue weighted by atomic mass is 9.97. The molecule has 0 aliphatic carbocycles. The van der Waals surface area contributed by atoms with Crippen molar-refractivity contribution in [1.82, 2.24) is 4.90 Å². The SMILES string of the molecule is CN1C(=O)c2ccccc2N2C(=O)CC[C@@]12C(=O)OCc1ccc2c(c1)OCO2. The van der Waals surface area contributed by atoms with Gasteiger partial charge >= 0.3 is 5.97 Å². The van der Waals surface area contributed by atoms with E-state index in [1.807, 2.05) is 0 Å². The first-order chi connectivity index (χ1) is 14.0. The molecule has 1 atom stereocenters. The number of para-hydroxylation sites is 1. The van der Waals surface area contributed by atoms with Crippen molar-refractivity contribution in [2.24, 2.45) is 0 Å². The minimum absolute atomic E-state index is 0.0110. The van der Waals surface area contributed by atoms with Gasteiger partial charge in [-0.2, -0.15) is 0 Å². The monoisotopic (exact) mass is 394 g/mol. The molecule has 2 aromatic carbocycles. The Hall–Kier alpha value is -3.55. The zero-order valence-electron chi connectivity index (χ0n) is 15.7. The summed E-state index contributed by atoms with van der Waals surface area (Å²) in [4.78, 5) is 41.6. The van der Waals surface area contributed by atoms with Crippen LogP contribution in [0, 0.1) is 0 Å². The smallest absolute Gasteiger partial charge is 0.354 e. The number of likely N-dealkylation sites (N-methyl/N-ethyl adjacent to an activating group) is 1. The number of fused-ring (bicyclic) bond motifs is 4. The summed E-state index contributed by atoms with van der Waals surface area (Å²) in [6.07, 6.45) is 0.341. The molecule has 5 rings (SSSR count). The van der Waals surface area contributed by atoms with Gasteiger partial charge in [0.1, 0.15) is 6.61 Å². The van der Waals surface area contributed by atoms with Crippen molar-refractivity contribution in [3.05, 3.63) is 53.6 Å². The first-order valence-electron chi connectivity index (χ1n) is 9.28. The van der Waals surface area contributed by atoms with Gasteiger partial charge in [0.2, 0.25) is 18.4 Å². The van der Waals surface area contributed by atoms with Crippen molar-refractivity contribution in [3.63, 3.8) is 0 Å². The molecule has 1 fully saturated rings. The summed E-state index contributed by atoms with van der Waals surface area (Å²) in [6.45, 7) is 0.147. The fourth-order valence-corrected chi connectivity index (χ4v) is 4.19. The molecule has 0 N–H and O–H groups in total. The standard InChI is InChI=1S/C21H18N2O6/c1-22-19(25)14-4-2-3-5-15(14)23-18(24)8-9-21(22,23)20(26)27-11-13-6-7-16-17(10-13)29-12-28-16/h2-7,10H,8-9,11-12H2,1H3/t21-/m1/s1. The molecule has 8 nitrogen and oxygen atoms in total. The molecule has 0 aromatic heterocycles. The van der Waals surface area contributed by atoms with Gasteiger partial charge in [0.25, 0.3) is 5.91 Å². The fourth-order valence-electron chi connectivity index (χ4n) is 4.19. The van der Waals surface area contributed by atoms with E-state index in [0.717, 1.165) is 5.56 Å². The number of hydrogen-bond donors (Lipinski definition) is 0. The minimum Gasteiger partial charge on any atom is -0.458 e. The Bertz CT molecular complexity index is 1050. The van der Waals surface area contributed by atoms with Crippen LogP contribution in [0.1, 0.15) is 28.8 Å². The van der Waals surface area contributed by atoms with Crippen molar-refractivity contribution in [3.8, 4) is 11.5 Å². The number of nitrogens with zero attached hydrogens (tertiary/aromatic N) is 2. The van der Waals surface area contributed by atoms with Crippen molar-refractivity contribution >= 4 is 23.5 Å². The summed E-state index contributed by atoms with van der Waals surface area (Å²) < 4.78 is 16.2. The quantitative estimate of drug-likeness (QED) is 0.741. The lowest BCUT2D eigenvalue weighted by molar-refractivity contribution is -0.157. The highest BCUT2D eigenvalue weighted by Gasteiger charge is 2.60. The normalized spacial score (nSPS) is 21.8. The zero-order chi connectivity index (χ0) is 20.2. The molecular weight excluding hydrogens is 376 g/mol. The lowest BCUT2D eigenvalue weighted by Gasteiger charge is -2.46. The average molecular weight is 394 g/mol. The summed E-state index contributed by atoms with van der Waals surface area (Å²) >= 11 is 0. The van der Waals surface area contributed by atoms with E-state index in [4.69, 9.17) is 14.2 Å². The van der Waals surface area contributed by atoms with Crippen LogP contribution in [0.5, 0.6) is 11.5 Å². The van der Waals surface area contributed by atoms with Gasteiger partial charge in [-0.05, 0) is 29.8 Å². The molecule has 3 aliphatic heterocycles. The third-order valence-electron chi connectivity index (χ3n) is 5.68. The highest BCUT2D eigenvalue weighted by atomic mass is 16.7. The predicted molar refractivity (Wildman–Crippen MR) is 100 cm³/mol. The van der Waals surface area contributed by atoms with Gasteiger partial charge in [0.15, 0.2) is 11.5 Å². The Morgan fingerprint density at radius 3 is 2.79 bits per heavy atom. The van der Waals surface area contributed by atoms with E-state index < -0.39 is 11.6 Å². The third kappa shape index (κ3) is 2.41. The van der Waals surface area contributed by atoms with E-state index in [-0.39, 0.29) is 38.1 Å². The van der Waals surface area contributed by atoms with Gasteiger partial charge < -0.3 is 19.1 Å². The van der Waals surface area contributed by atoms with E-state index in [1.165, 1.54) is 16.8 Å². The van der Waals surface area contributed by atoms with Gasteiger partial charge in [-0.25, -0.2) is 4.79 Å². The van der Waals surface area contributed by atoms with Crippen LogP contribution in [0.3, 0.4) is 0 Å². The van der Waals surface area contributed by atoms with Crippen LogP contribution in [-0.2, 0) is 20.9 Å². The fraction of sp³-hybridized carbons (Fsp3) is 0.286.